The Bertz CT molecular complexity index is 667. The number of unbranched alkanes of at least 4 members (excludes halogenated alkanes) is 6. The molecule has 1 unspecified atom stereocenters. The van der Waals surface area contributed by atoms with Crippen LogP contribution in [0.5, 0.6) is 5.75 Å². The van der Waals surface area contributed by atoms with E-state index in [-0.39, 0.29) is 12.3 Å². The first-order chi connectivity index (χ1) is 14.5. The number of benzene rings is 1. The minimum Gasteiger partial charge on any atom is -0.491 e. The zero-order valence-electron chi connectivity index (χ0n) is 17.9. The number of carbonyl (C=O) groups is 2. The summed E-state index contributed by atoms with van der Waals surface area (Å²) in [5.41, 5.74) is 0.770. The van der Waals surface area contributed by atoms with Crippen LogP contribution < -0.4 is 9.64 Å². The number of carbonyl (C=O) groups excluding carboxylic acids is 1. The number of hydrogen-bond acceptors (Lipinski definition) is 4. The topological polar surface area (TPSA) is 104 Å². The number of rotatable bonds is 17. The summed E-state index contributed by atoms with van der Waals surface area (Å²) in [4.78, 5) is 25.0. The van der Waals surface area contributed by atoms with E-state index in [4.69, 9.17) is 14.4 Å². The number of anilines is 1. The van der Waals surface area contributed by atoms with E-state index in [1.165, 1.54) is 0 Å². The van der Waals surface area contributed by atoms with E-state index in [1.807, 2.05) is 31.2 Å². The van der Waals surface area contributed by atoms with Gasteiger partial charge < -0.3 is 19.3 Å². The van der Waals surface area contributed by atoms with Crippen LogP contribution in [0.1, 0.15) is 71.1 Å². The number of nitrogens with zero attached hydrogens (tertiary/aromatic N) is 1. The number of carboxylic acids is 1. The van der Waals surface area contributed by atoms with Gasteiger partial charge in [-0.05, 0) is 44.7 Å². The van der Waals surface area contributed by atoms with Gasteiger partial charge in [0.25, 0.3) is 0 Å². The predicted molar refractivity (Wildman–Crippen MR) is 119 cm³/mol. The van der Waals surface area contributed by atoms with Crippen molar-refractivity contribution in [2.24, 2.45) is 0 Å². The van der Waals surface area contributed by atoms with Crippen molar-refractivity contribution in [3.8, 4) is 5.75 Å². The Morgan fingerprint density at radius 2 is 1.60 bits per heavy atom. The van der Waals surface area contributed by atoms with Crippen molar-refractivity contribution in [1.82, 2.24) is 0 Å². The molecule has 170 valence electrons. The van der Waals surface area contributed by atoms with Gasteiger partial charge in [-0.2, -0.15) is 0 Å². The third-order valence-electron chi connectivity index (χ3n) is 4.78. The summed E-state index contributed by atoms with van der Waals surface area (Å²) in [5.74, 6) is 0.266. The third kappa shape index (κ3) is 11.3. The van der Waals surface area contributed by atoms with Crippen LogP contribution in [0.15, 0.2) is 24.3 Å². The van der Waals surface area contributed by atoms with E-state index in [0.29, 0.717) is 43.9 Å². The van der Waals surface area contributed by atoms with Crippen molar-refractivity contribution in [2.75, 3.05) is 23.8 Å². The Kier molecular flexibility index (Phi) is 13.8. The number of amides is 1. The van der Waals surface area contributed by atoms with Crippen LogP contribution in [-0.2, 0) is 20.7 Å². The quantitative estimate of drug-likeness (QED) is 0.270. The van der Waals surface area contributed by atoms with Gasteiger partial charge in [0.2, 0.25) is 5.91 Å². The summed E-state index contributed by atoms with van der Waals surface area (Å²) in [6.45, 7) is 3.02. The molecule has 7 nitrogen and oxygen atoms in total. The first kappa shape index (κ1) is 26.1. The molecule has 0 radical (unpaired) electrons. The summed E-state index contributed by atoms with van der Waals surface area (Å²) in [6, 6.07) is 7.53. The van der Waals surface area contributed by atoms with E-state index in [9.17, 15) is 13.8 Å². The third-order valence-corrected chi connectivity index (χ3v) is 5.41. The fourth-order valence-electron chi connectivity index (χ4n) is 3.19. The second-order valence-electron chi connectivity index (χ2n) is 7.20. The minimum atomic E-state index is -1.74. The molecule has 1 aromatic carbocycles. The van der Waals surface area contributed by atoms with Crippen LogP contribution in [0.25, 0.3) is 0 Å². The normalized spacial score (nSPS) is 11.8. The molecule has 0 aromatic heterocycles. The van der Waals surface area contributed by atoms with Gasteiger partial charge in [0, 0.05) is 25.1 Å². The summed E-state index contributed by atoms with van der Waals surface area (Å²) < 4.78 is 25.3. The van der Waals surface area contributed by atoms with E-state index in [1.54, 1.807) is 4.90 Å². The zero-order valence-corrected chi connectivity index (χ0v) is 18.7. The maximum absolute atomic E-state index is 12.7. The molecule has 0 saturated carbocycles. The van der Waals surface area contributed by atoms with Crippen molar-refractivity contribution in [3.05, 3.63) is 24.3 Å². The highest BCUT2D eigenvalue weighted by atomic mass is 32.2. The average Bonchev–Trinajstić information content (AvgIpc) is 2.71. The largest absolute Gasteiger partial charge is 0.491 e. The van der Waals surface area contributed by atoms with Crippen molar-refractivity contribution < 1.29 is 28.2 Å². The lowest BCUT2D eigenvalue weighted by atomic mass is 10.1. The maximum atomic E-state index is 12.7. The lowest BCUT2D eigenvalue weighted by Crippen LogP contribution is -2.30. The van der Waals surface area contributed by atoms with Crippen LogP contribution in [0.4, 0.5) is 5.69 Å². The van der Waals surface area contributed by atoms with Gasteiger partial charge in [0.05, 0.1) is 12.3 Å². The van der Waals surface area contributed by atoms with Gasteiger partial charge in [-0.1, -0.05) is 37.8 Å². The molecule has 30 heavy (non-hydrogen) atoms. The molecule has 0 heterocycles. The van der Waals surface area contributed by atoms with Crippen LogP contribution in [0.3, 0.4) is 0 Å². The minimum absolute atomic E-state index is 0.0490. The number of ether oxygens (including phenoxy) is 1. The van der Waals surface area contributed by atoms with Gasteiger partial charge >= 0.3 is 5.97 Å². The molecule has 1 rings (SSSR count). The molecule has 0 aliphatic carbocycles. The molecule has 1 amide bonds. The molecule has 1 atom stereocenters. The molecule has 0 bridgehead atoms. The number of aliphatic carboxylic acids is 1. The fraction of sp³-hybridized carbons (Fsp3) is 0.636. The first-order valence-electron chi connectivity index (χ1n) is 10.8. The summed E-state index contributed by atoms with van der Waals surface area (Å²) in [6.07, 6.45) is 7.11. The lowest BCUT2D eigenvalue weighted by molar-refractivity contribution is -0.137. The maximum Gasteiger partial charge on any atom is 0.303 e. The Morgan fingerprint density at radius 1 is 0.967 bits per heavy atom. The molecule has 0 aliphatic heterocycles. The molecule has 0 fully saturated rings. The Balaban J connectivity index is 2.45. The highest BCUT2D eigenvalue weighted by Gasteiger charge is 2.17. The smallest absolute Gasteiger partial charge is 0.303 e. The highest BCUT2D eigenvalue weighted by molar-refractivity contribution is 7.79. The van der Waals surface area contributed by atoms with Crippen LogP contribution in [-0.4, -0.2) is 44.6 Å². The summed E-state index contributed by atoms with van der Waals surface area (Å²) in [5, 5.41) is 8.65. The Hall–Kier alpha value is -1.93. The van der Waals surface area contributed by atoms with Gasteiger partial charge in [-0.25, -0.2) is 4.21 Å². The van der Waals surface area contributed by atoms with Crippen LogP contribution in [0, 0.1) is 0 Å². The van der Waals surface area contributed by atoms with Gasteiger partial charge in [0.1, 0.15) is 5.75 Å². The predicted octanol–water partition coefficient (Wildman–Crippen LogP) is 4.63. The van der Waals surface area contributed by atoms with Crippen LogP contribution in [0.2, 0.25) is 0 Å². The number of para-hydroxylation sites is 2. The van der Waals surface area contributed by atoms with Gasteiger partial charge in [0.15, 0.2) is 11.1 Å². The molecule has 0 aliphatic rings. The molecule has 8 heteroatoms. The number of carboxylic acid groups (broad SMARTS) is 1. The second-order valence-corrected chi connectivity index (χ2v) is 8.25. The van der Waals surface area contributed by atoms with E-state index >= 15 is 0 Å². The van der Waals surface area contributed by atoms with Gasteiger partial charge in [-0.15, -0.1) is 0 Å². The first-order valence-corrected chi connectivity index (χ1v) is 12.0. The standard InChI is InChI=1S/C22H35NO6S/c1-2-23(21(24)15-7-4-6-12-18-30(27)28)19-13-9-10-14-20(19)29-17-11-5-3-8-16-22(25)26/h9-10,13-14H,2-8,11-12,15-18H2,1H3,(H,25,26)(H,27,28). The monoisotopic (exact) mass is 441 g/mol. The SMILES string of the molecule is CCN(C(=O)CCCCCCS(=O)O)c1ccccc1OCCCCCCC(=O)O. The lowest BCUT2D eigenvalue weighted by Gasteiger charge is -2.24. The second kappa shape index (κ2) is 15.8. The Morgan fingerprint density at radius 3 is 2.27 bits per heavy atom. The summed E-state index contributed by atoms with van der Waals surface area (Å²) in [7, 11) is 0. The van der Waals surface area contributed by atoms with Crippen LogP contribution >= 0.6 is 0 Å². The van der Waals surface area contributed by atoms with E-state index in [0.717, 1.165) is 44.2 Å². The highest BCUT2D eigenvalue weighted by Crippen LogP contribution is 2.29. The molecule has 0 spiro atoms. The fourth-order valence-corrected chi connectivity index (χ4v) is 3.64. The molecular weight excluding hydrogens is 406 g/mol. The van der Waals surface area contributed by atoms with Crippen molar-refractivity contribution in [3.63, 3.8) is 0 Å². The van der Waals surface area contributed by atoms with Crippen molar-refractivity contribution in [2.45, 2.75) is 71.1 Å². The van der Waals surface area contributed by atoms with Gasteiger partial charge in [-0.3, -0.25) is 9.59 Å². The molecule has 2 N–H and O–H groups in total. The average molecular weight is 442 g/mol. The van der Waals surface area contributed by atoms with Crippen molar-refractivity contribution in [1.29, 1.82) is 0 Å². The van der Waals surface area contributed by atoms with Crippen molar-refractivity contribution >= 4 is 28.6 Å². The molecular formula is C22H35NO6S. The summed E-state index contributed by atoms with van der Waals surface area (Å²) >= 11 is -1.74. The molecule has 1 aromatic rings. The molecule has 0 saturated heterocycles. The van der Waals surface area contributed by atoms with E-state index in [2.05, 4.69) is 0 Å². The zero-order chi connectivity index (χ0) is 22.2. The van der Waals surface area contributed by atoms with E-state index < -0.39 is 17.0 Å². The Labute approximate surface area is 182 Å². The number of hydrogen-bond donors (Lipinski definition) is 2.